The van der Waals surface area contributed by atoms with Gasteiger partial charge in [-0.3, -0.25) is 0 Å². The van der Waals surface area contributed by atoms with Gasteiger partial charge in [-0.05, 0) is 28.1 Å². The lowest BCUT2D eigenvalue weighted by Crippen LogP contribution is -2.09. The molecular formula is C10H8BrCl2NO. The van der Waals surface area contributed by atoms with Crippen LogP contribution >= 0.6 is 39.1 Å². The van der Waals surface area contributed by atoms with Gasteiger partial charge >= 0.3 is 0 Å². The third kappa shape index (κ3) is 2.47. The second-order valence-corrected chi connectivity index (χ2v) is 4.82. The van der Waals surface area contributed by atoms with Gasteiger partial charge in [0.1, 0.15) is 6.10 Å². The van der Waals surface area contributed by atoms with Gasteiger partial charge in [0.15, 0.2) is 0 Å². The highest BCUT2D eigenvalue weighted by molar-refractivity contribution is 9.10. The second kappa shape index (κ2) is 4.73. The van der Waals surface area contributed by atoms with Crippen molar-refractivity contribution in [1.29, 1.82) is 0 Å². The third-order valence-electron chi connectivity index (χ3n) is 2.16. The molecule has 2 rings (SSSR count). The van der Waals surface area contributed by atoms with E-state index in [4.69, 9.17) is 28.0 Å². The molecule has 2 nitrogen and oxygen atoms in total. The van der Waals surface area contributed by atoms with E-state index in [2.05, 4.69) is 21.1 Å². The van der Waals surface area contributed by atoms with Crippen molar-refractivity contribution in [3.8, 4) is 0 Å². The normalized spacial score (nSPS) is 19.9. The van der Waals surface area contributed by atoms with E-state index in [1.807, 2.05) is 18.2 Å². The molecule has 0 fully saturated rings. The van der Waals surface area contributed by atoms with E-state index in [-0.39, 0.29) is 6.10 Å². The molecule has 1 heterocycles. The number of benzene rings is 1. The lowest BCUT2D eigenvalue weighted by Gasteiger charge is -2.02. The van der Waals surface area contributed by atoms with Crippen LogP contribution in [-0.4, -0.2) is 17.7 Å². The molecule has 1 unspecified atom stereocenters. The van der Waals surface area contributed by atoms with Crippen molar-refractivity contribution in [2.75, 3.05) is 5.88 Å². The van der Waals surface area contributed by atoms with E-state index in [0.29, 0.717) is 10.9 Å². The van der Waals surface area contributed by atoms with E-state index in [0.717, 1.165) is 22.2 Å². The SMILES string of the molecule is ClCC1CC(c2ccc(Br)c(Cl)c2)=NO1. The molecule has 1 aromatic rings. The first-order valence-electron chi connectivity index (χ1n) is 4.45. The summed E-state index contributed by atoms with van der Waals surface area (Å²) in [6, 6.07) is 5.72. The number of oxime groups is 1. The molecular weight excluding hydrogens is 301 g/mol. The van der Waals surface area contributed by atoms with Crippen LogP contribution in [0.3, 0.4) is 0 Å². The Bertz CT molecular complexity index is 408. The van der Waals surface area contributed by atoms with Crippen LogP contribution in [0.2, 0.25) is 5.02 Å². The van der Waals surface area contributed by atoms with Crippen LogP contribution in [0.15, 0.2) is 27.8 Å². The fourth-order valence-corrected chi connectivity index (χ4v) is 1.95. The van der Waals surface area contributed by atoms with Gasteiger partial charge in [0.05, 0.1) is 16.6 Å². The smallest absolute Gasteiger partial charge is 0.146 e. The summed E-state index contributed by atoms with van der Waals surface area (Å²) in [4.78, 5) is 5.14. The highest BCUT2D eigenvalue weighted by Gasteiger charge is 2.21. The Morgan fingerprint density at radius 2 is 2.33 bits per heavy atom. The summed E-state index contributed by atoms with van der Waals surface area (Å²) in [5.41, 5.74) is 1.88. The highest BCUT2D eigenvalue weighted by atomic mass is 79.9. The van der Waals surface area contributed by atoms with E-state index in [1.54, 1.807) is 0 Å². The van der Waals surface area contributed by atoms with Crippen LogP contribution in [0.4, 0.5) is 0 Å². The zero-order chi connectivity index (χ0) is 10.8. The first-order chi connectivity index (χ1) is 7.20. The molecule has 0 spiro atoms. The van der Waals surface area contributed by atoms with E-state index in [9.17, 15) is 0 Å². The minimum atomic E-state index is -0.0101. The van der Waals surface area contributed by atoms with Crippen molar-refractivity contribution in [1.82, 2.24) is 0 Å². The van der Waals surface area contributed by atoms with Crippen molar-refractivity contribution in [2.45, 2.75) is 12.5 Å². The minimum Gasteiger partial charge on any atom is -0.391 e. The number of halogens is 3. The van der Waals surface area contributed by atoms with E-state index >= 15 is 0 Å². The average molecular weight is 309 g/mol. The quantitative estimate of drug-likeness (QED) is 0.761. The van der Waals surface area contributed by atoms with Crippen LogP contribution in [0.25, 0.3) is 0 Å². The number of alkyl halides is 1. The maximum atomic E-state index is 5.99. The number of nitrogens with zero attached hydrogens (tertiary/aromatic N) is 1. The Balaban J connectivity index is 2.21. The summed E-state index contributed by atoms with van der Waals surface area (Å²) in [5.74, 6) is 0.456. The molecule has 5 heteroatoms. The van der Waals surface area contributed by atoms with Crippen molar-refractivity contribution < 1.29 is 4.84 Å². The van der Waals surface area contributed by atoms with Gasteiger partial charge in [0.2, 0.25) is 0 Å². The molecule has 1 atom stereocenters. The Labute approximate surface area is 106 Å². The Kier molecular flexibility index (Phi) is 3.54. The largest absolute Gasteiger partial charge is 0.391 e. The molecule has 80 valence electrons. The molecule has 0 aromatic heterocycles. The van der Waals surface area contributed by atoms with Gasteiger partial charge in [0, 0.05) is 16.5 Å². The van der Waals surface area contributed by atoms with Gasteiger partial charge < -0.3 is 4.84 Å². The van der Waals surface area contributed by atoms with Crippen LogP contribution < -0.4 is 0 Å². The topological polar surface area (TPSA) is 21.6 Å². The summed E-state index contributed by atoms with van der Waals surface area (Å²) in [6.07, 6.45) is 0.727. The fourth-order valence-electron chi connectivity index (χ4n) is 1.36. The van der Waals surface area contributed by atoms with Crippen molar-refractivity contribution in [3.63, 3.8) is 0 Å². The predicted octanol–water partition coefficient (Wildman–Crippen LogP) is 3.83. The summed E-state index contributed by atoms with van der Waals surface area (Å²) in [7, 11) is 0. The summed E-state index contributed by atoms with van der Waals surface area (Å²) in [5, 5.41) is 4.66. The monoisotopic (exact) mass is 307 g/mol. The van der Waals surface area contributed by atoms with Gasteiger partial charge in [-0.1, -0.05) is 22.8 Å². The fraction of sp³-hybridized carbons (Fsp3) is 0.300. The first kappa shape index (κ1) is 11.2. The minimum absolute atomic E-state index is 0.0101. The molecule has 0 saturated heterocycles. The molecule has 15 heavy (non-hydrogen) atoms. The number of hydrogen-bond donors (Lipinski definition) is 0. The van der Waals surface area contributed by atoms with Crippen LogP contribution in [0.1, 0.15) is 12.0 Å². The molecule has 1 aliphatic rings. The summed E-state index contributed by atoms with van der Waals surface area (Å²) < 4.78 is 0.876. The summed E-state index contributed by atoms with van der Waals surface area (Å²) >= 11 is 15.0. The zero-order valence-corrected chi connectivity index (χ0v) is 10.8. The van der Waals surface area contributed by atoms with Gasteiger partial charge in [-0.2, -0.15) is 0 Å². The molecule has 0 N–H and O–H groups in total. The number of rotatable bonds is 2. The van der Waals surface area contributed by atoms with Gasteiger partial charge in [-0.25, -0.2) is 0 Å². The first-order valence-corrected chi connectivity index (χ1v) is 6.15. The number of hydrogen-bond acceptors (Lipinski definition) is 2. The Morgan fingerprint density at radius 1 is 1.53 bits per heavy atom. The van der Waals surface area contributed by atoms with Crippen LogP contribution in [0, 0.1) is 0 Å². The Morgan fingerprint density at radius 3 is 2.93 bits per heavy atom. The van der Waals surface area contributed by atoms with E-state index in [1.165, 1.54) is 0 Å². The van der Waals surface area contributed by atoms with Crippen LogP contribution in [0.5, 0.6) is 0 Å². The molecule has 1 aromatic carbocycles. The molecule has 0 radical (unpaired) electrons. The molecule has 0 bridgehead atoms. The average Bonchev–Trinajstić information content (AvgIpc) is 2.70. The van der Waals surface area contributed by atoms with E-state index < -0.39 is 0 Å². The van der Waals surface area contributed by atoms with Gasteiger partial charge in [0.25, 0.3) is 0 Å². The van der Waals surface area contributed by atoms with Crippen LogP contribution in [-0.2, 0) is 4.84 Å². The maximum absolute atomic E-state index is 5.99. The molecule has 1 aliphatic heterocycles. The lowest BCUT2D eigenvalue weighted by atomic mass is 10.1. The van der Waals surface area contributed by atoms with Crippen molar-refractivity contribution >= 4 is 44.8 Å². The molecule has 0 amide bonds. The Hall–Kier alpha value is -0.250. The zero-order valence-electron chi connectivity index (χ0n) is 7.71. The lowest BCUT2D eigenvalue weighted by molar-refractivity contribution is 0.102. The maximum Gasteiger partial charge on any atom is 0.146 e. The highest BCUT2D eigenvalue weighted by Crippen LogP contribution is 2.26. The standard InChI is InChI=1S/C10H8BrCl2NO/c11-8-2-1-6(3-9(8)13)10-4-7(5-12)15-14-10/h1-3,7H,4-5H2. The van der Waals surface area contributed by atoms with Crippen molar-refractivity contribution in [3.05, 3.63) is 33.3 Å². The third-order valence-corrected chi connectivity index (χ3v) is 3.73. The second-order valence-electron chi connectivity index (χ2n) is 3.25. The van der Waals surface area contributed by atoms with Gasteiger partial charge in [-0.15, -0.1) is 11.6 Å². The predicted molar refractivity (Wildman–Crippen MR) is 65.9 cm³/mol. The van der Waals surface area contributed by atoms with Crippen molar-refractivity contribution in [2.24, 2.45) is 5.16 Å². The summed E-state index contributed by atoms with van der Waals surface area (Å²) in [6.45, 7) is 0. The molecule has 0 aliphatic carbocycles. The molecule has 0 saturated carbocycles.